The Kier molecular flexibility index (Phi) is 5.72. The number of carbonyl (C=O) groups excluding carboxylic acids is 1. The molecule has 0 bridgehead atoms. The predicted octanol–water partition coefficient (Wildman–Crippen LogP) is 4.01. The summed E-state index contributed by atoms with van der Waals surface area (Å²) in [5.41, 5.74) is 6.15. The van der Waals surface area contributed by atoms with Crippen molar-refractivity contribution in [3.05, 3.63) is 53.0 Å². The molecule has 8 heteroatoms. The number of amides is 1. The van der Waals surface area contributed by atoms with E-state index in [0.717, 1.165) is 85.7 Å². The van der Waals surface area contributed by atoms with Crippen molar-refractivity contribution in [2.24, 2.45) is 0 Å². The van der Waals surface area contributed by atoms with Crippen LogP contribution in [-0.4, -0.2) is 74.8 Å². The van der Waals surface area contributed by atoms with Gasteiger partial charge in [-0.2, -0.15) is 5.10 Å². The third kappa shape index (κ3) is 4.11. The summed E-state index contributed by atoms with van der Waals surface area (Å²) in [6.07, 6.45) is 13.0. The van der Waals surface area contributed by atoms with E-state index in [2.05, 4.69) is 22.1 Å². The lowest BCUT2D eigenvalue weighted by Crippen LogP contribution is -2.51. The van der Waals surface area contributed by atoms with Gasteiger partial charge >= 0.3 is 0 Å². The number of aromatic nitrogens is 4. The van der Waals surface area contributed by atoms with Crippen molar-refractivity contribution in [2.75, 3.05) is 33.3 Å². The van der Waals surface area contributed by atoms with E-state index in [1.807, 2.05) is 21.8 Å². The minimum Gasteiger partial charge on any atom is -0.497 e. The summed E-state index contributed by atoms with van der Waals surface area (Å²) >= 11 is 0. The monoisotopic (exact) mass is 498 g/mol. The smallest absolute Gasteiger partial charge is 0.257 e. The van der Waals surface area contributed by atoms with Gasteiger partial charge in [-0.25, -0.2) is 14.6 Å². The number of fused-ring (bicyclic) bond motifs is 3. The van der Waals surface area contributed by atoms with Crippen LogP contribution in [0.25, 0.3) is 17.2 Å². The van der Waals surface area contributed by atoms with Gasteiger partial charge in [0.05, 0.1) is 30.3 Å². The quantitative estimate of drug-likeness (QED) is 0.529. The Morgan fingerprint density at radius 1 is 0.973 bits per heavy atom. The lowest BCUT2D eigenvalue weighted by molar-refractivity contribution is 0.0572. The van der Waals surface area contributed by atoms with E-state index in [1.54, 1.807) is 13.3 Å². The molecule has 2 saturated carbocycles. The third-order valence-corrected chi connectivity index (χ3v) is 8.72. The van der Waals surface area contributed by atoms with Gasteiger partial charge in [-0.3, -0.25) is 9.69 Å². The van der Waals surface area contributed by atoms with Crippen molar-refractivity contribution >= 4 is 5.91 Å². The number of aryl methyl sites for hydroxylation is 2. The highest BCUT2D eigenvalue weighted by Gasteiger charge is 2.36. The molecule has 0 spiro atoms. The van der Waals surface area contributed by atoms with Gasteiger partial charge in [-0.15, -0.1) is 0 Å². The summed E-state index contributed by atoms with van der Waals surface area (Å²) in [5, 5.41) is 4.69. The minimum atomic E-state index is 0.104. The molecule has 3 heterocycles. The molecule has 7 rings (SSSR count). The van der Waals surface area contributed by atoms with Crippen LogP contribution in [0, 0.1) is 0 Å². The lowest BCUT2D eigenvalue weighted by atomic mass is 9.90. The molecule has 3 aromatic rings. The molecule has 8 nitrogen and oxygen atoms in total. The molecule has 3 fully saturated rings. The van der Waals surface area contributed by atoms with E-state index in [-0.39, 0.29) is 5.91 Å². The van der Waals surface area contributed by atoms with Crippen LogP contribution < -0.4 is 4.74 Å². The van der Waals surface area contributed by atoms with Gasteiger partial charge in [-0.1, -0.05) is 18.9 Å². The maximum absolute atomic E-state index is 13.7. The van der Waals surface area contributed by atoms with Crippen molar-refractivity contribution in [1.29, 1.82) is 0 Å². The van der Waals surface area contributed by atoms with Crippen molar-refractivity contribution in [3.8, 4) is 23.0 Å². The Morgan fingerprint density at radius 3 is 2.51 bits per heavy atom. The van der Waals surface area contributed by atoms with Crippen LogP contribution in [0.2, 0.25) is 0 Å². The Hall–Kier alpha value is -3.26. The summed E-state index contributed by atoms with van der Waals surface area (Å²) in [4.78, 5) is 28.0. The maximum Gasteiger partial charge on any atom is 0.257 e. The second-order valence-corrected chi connectivity index (χ2v) is 11.0. The van der Waals surface area contributed by atoms with Gasteiger partial charge in [0, 0.05) is 49.9 Å². The molecule has 192 valence electrons. The van der Waals surface area contributed by atoms with Crippen molar-refractivity contribution < 1.29 is 9.53 Å². The van der Waals surface area contributed by atoms with E-state index in [9.17, 15) is 4.79 Å². The summed E-state index contributed by atoms with van der Waals surface area (Å²) in [5.74, 6) is 1.81. The molecular weight excluding hydrogens is 464 g/mol. The zero-order valence-corrected chi connectivity index (χ0v) is 21.5. The molecule has 1 aliphatic heterocycles. The highest BCUT2D eigenvalue weighted by atomic mass is 16.5. The fourth-order valence-corrected chi connectivity index (χ4v) is 6.47. The number of piperazine rings is 1. The summed E-state index contributed by atoms with van der Waals surface area (Å²) in [6, 6.07) is 6.92. The van der Waals surface area contributed by atoms with Crippen molar-refractivity contribution in [1.82, 2.24) is 29.5 Å². The molecule has 1 aromatic carbocycles. The van der Waals surface area contributed by atoms with E-state index >= 15 is 0 Å². The van der Waals surface area contributed by atoms with E-state index in [4.69, 9.17) is 14.7 Å². The van der Waals surface area contributed by atoms with E-state index < -0.39 is 0 Å². The van der Waals surface area contributed by atoms with Crippen LogP contribution >= 0.6 is 0 Å². The lowest BCUT2D eigenvalue weighted by Gasteiger charge is -2.38. The normalized spacial score (nSPS) is 20.1. The topological polar surface area (TPSA) is 76.4 Å². The molecule has 1 amide bonds. The Labute approximate surface area is 217 Å². The number of carbonyl (C=O) groups is 1. The molecule has 0 unspecified atom stereocenters. The van der Waals surface area contributed by atoms with Crippen LogP contribution in [0.15, 0.2) is 30.6 Å². The Balaban J connectivity index is 1.18. The second kappa shape index (κ2) is 9.24. The SMILES string of the molecule is COc1ccc2c(c1)-c1nc(-n3ncc(C(=O)N4CCN(C5CCCC5)CC4)c3C3CC3)ncc1CC2. The zero-order chi connectivity index (χ0) is 24.9. The van der Waals surface area contributed by atoms with Gasteiger partial charge in [0.15, 0.2) is 0 Å². The van der Waals surface area contributed by atoms with Crippen LogP contribution in [0.1, 0.15) is 71.6 Å². The maximum atomic E-state index is 13.7. The zero-order valence-electron chi connectivity index (χ0n) is 21.5. The first-order valence-electron chi connectivity index (χ1n) is 13.8. The fraction of sp³-hybridized carbons (Fsp3) is 0.517. The van der Waals surface area contributed by atoms with Gasteiger partial charge in [0.2, 0.25) is 0 Å². The van der Waals surface area contributed by atoms with Crippen LogP contribution in [-0.2, 0) is 12.8 Å². The summed E-state index contributed by atoms with van der Waals surface area (Å²) in [6.45, 7) is 3.53. The van der Waals surface area contributed by atoms with Gasteiger partial charge < -0.3 is 9.64 Å². The molecular formula is C29H34N6O2. The van der Waals surface area contributed by atoms with Crippen molar-refractivity contribution in [2.45, 2.75) is 63.3 Å². The van der Waals surface area contributed by atoms with Crippen LogP contribution in [0.3, 0.4) is 0 Å². The number of hydrogen-bond donors (Lipinski definition) is 0. The Morgan fingerprint density at radius 2 is 1.76 bits per heavy atom. The number of methoxy groups -OCH3 is 1. The summed E-state index contributed by atoms with van der Waals surface area (Å²) in [7, 11) is 1.69. The standard InChI is InChI=1S/C29H34N6O2/c1-37-23-11-10-19-6-9-21-17-30-29(32-26(21)24(19)16-23)35-27(20-7-8-20)25(18-31-35)28(36)34-14-12-33(13-15-34)22-4-2-3-5-22/h10-11,16-18,20,22H,2-9,12-15H2,1H3. The molecule has 0 radical (unpaired) electrons. The highest BCUT2D eigenvalue weighted by molar-refractivity contribution is 5.95. The second-order valence-electron chi connectivity index (χ2n) is 11.0. The third-order valence-electron chi connectivity index (χ3n) is 8.72. The fourth-order valence-electron chi connectivity index (χ4n) is 6.47. The highest BCUT2D eigenvalue weighted by Crippen LogP contribution is 2.43. The van der Waals surface area contributed by atoms with Gasteiger partial charge in [-0.05, 0) is 61.8 Å². The number of rotatable bonds is 5. The molecule has 4 aliphatic rings. The largest absolute Gasteiger partial charge is 0.497 e. The summed E-state index contributed by atoms with van der Waals surface area (Å²) < 4.78 is 7.31. The predicted molar refractivity (Wildman–Crippen MR) is 140 cm³/mol. The first-order valence-corrected chi connectivity index (χ1v) is 13.8. The first-order chi connectivity index (χ1) is 18.2. The number of benzene rings is 1. The molecule has 0 atom stereocenters. The average molecular weight is 499 g/mol. The Bertz CT molecular complexity index is 1330. The van der Waals surface area contributed by atoms with Crippen molar-refractivity contribution in [3.63, 3.8) is 0 Å². The molecule has 0 N–H and O–H groups in total. The van der Waals surface area contributed by atoms with Gasteiger partial charge in [0.25, 0.3) is 11.9 Å². The van der Waals surface area contributed by atoms with Gasteiger partial charge in [0.1, 0.15) is 5.75 Å². The molecule has 2 aromatic heterocycles. The van der Waals surface area contributed by atoms with Crippen LogP contribution in [0.5, 0.6) is 5.75 Å². The van der Waals surface area contributed by atoms with E-state index in [1.165, 1.54) is 31.2 Å². The molecule has 1 saturated heterocycles. The number of nitrogens with zero attached hydrogens (tertiary/aromatic N) is 6. The molecule has 37 heavy (non-hydrogen) atoms. The minimum absolute atomic E-state index is 0.104. The average Bonchev–Trinajstić information content (AvgIpc) is 3.45. The van der Waals surface area contributed by atoms with E-state index in [0.29, 0.717) is 17.9 Å². The molecule has 3 aliphatic carbocycles. The first kappa shape index (κ1) is 22.9. The number of ether oxygens (including phenoxy) is 1. The number of hydrogen-bond acceptors (Lipinski definition) is 6. The van der Waals surface area contributed by atoms with Crippen LogP contribution in [0.4, 0.5) is 0 Å².